The Balaban J connectivity index is 1.99. The molecule has 1 aliphatic heterocycles. The van der Waals surface area contributed by atoms with Crippen molar-refractivity contribution in [3.05, 3.63) is 35.6 Å². The Kier molecular flexibility index (Phi) is 5.09. The molecule has 20 heavy (non-hydrogen) atoms. The number of cyclic esters (lactones) is 1. The van der Waals surface area contributed by atoms with E-state index in [1.807, 2.05) is 6.92 Å². The number of hydrogen-bond donors (Lipinski definition) is 1. The predicted octanol–water partition coefficient (Wildman–Crippen LogP) is 1.81. The van der Waals surface area contributed by atoms with Gasteiger partial charge in [0, 0.05) is 13.0 Å². The summed E-state index contributed by atoms with van der Waals surface area (Å²) in [5.74, 6) is -0.624. The Bertz CT molecular complexity index is 449. The predicted molar refractivity (Wildman–Crippen MR) is 72.6 cm³/mol. The molecule has 0 saturated carbocycles. The van der Waals surface area contributed by atoms with Crippen LogP contribution in [0.3, 0.4) is 0 Å². The fraction of sp³-hybridized carbons (Fsp3) is 0.533. The third kappa shape index (κ3) is 4.28. The minimum Gasteiger partial charge on any atom is -0.461 e. The minimum atomic E-state index is -0.623. The molecule has 0 spiro atoms. The number of nitrogens with two attached hydrogens (primary N) is 1. The van der Waals surface area contributed by atoms with Gasteiger partial charge in [-0.15, -0.1) is 0 Å². The highest BCUT2D eigenvalue weighted by molar-refractivity contribution is 5.75. The van der Waals surface area contributed by atoms with Gasteiger partial charge in [-0.3, -0.25) is 4.79 Å². The van der Waals surface area contributed by atoms with E-state index in [2.05, 4.69) is 0 Å². The number of carbonyl (C=O) groups is 1. The third-order valence-electron chi connectivity index (χ3n) is 3.37. The van der Waals surface area contributed by atoms with E-state index in [1.54, 1.807) is 12.1 Å². The molecule has 1 saturated heterocycles. The molecular weight excluding hydrogens is 261 g/mol. The fourth-order valence-electron chi connectivity index (χ4n) is 2.28. The summed E-state index contributed by atoms with van der Waals surface area (Å²) in [5.41, 5.74) is 6.70. The van der Waals surface area contributed by atoms with Crippen molar-refractivity contribution in [1.29, 1.82) is 0 Å². The molecule has 110 valence electrons. The van der Waals surface area contributed by atoms with E-state index in [4.69, 9.17) is 15.2 Å². The van der Waals surface area contributed by atoms with E-state index in [1.165, 1.54) is 12.1 Å². The Morgan fingerprint density at radius 3 is 2.75 bits per heavy atom. The lowest BCUT2D eigenvalue weighted by Gasteiger charge is -2.20. The monoisotopic (exact) mass is 281 g/mol. The largest absolute Gasteiger partial charge is 0.461 e. The minimum absolute atomic E-state index is 0.0615. The number of rotatable bonds is 2. The second-order valence-electron chi connectivity index (χ2n) is 5.20. The summed E-state index contributed by atoms with van der Waals surface area (Å²) in [6, 6.07) is 5.73. The molecule has 0 aliphatic carbocycles. The van der Waals surface area contributed by atoms with Crippen LogP contribution in [-0.4, -0.2) is 30.8 Å². The molecule has 3 atom stereocenters. The molecule has 1 heterocycles. The molecule has 2 N–H and O–H groups in total. The molecule has 0 amide bonds. The fourth-order valence-corrected chi connectivity index (χ4v) is 2.28. The molecule has 4 nitrogen and oxygen atoms in total. The third-order valence-corrected chi connectivity index (χ3v) is 3.37. The maximum Gasteiger partial charge on any atom is 0.323 e. The average Bonchev–Trinajstić information content (AvgIpc) is 2.45. The van der Waals surface area contributed by atoms with E-state index < -0.39 is 6.04 Å². The van der Waals surface area contributed by atoms with Crippen LogP contribution in [0.4, 0.5) is 4.39 Å². The SMILES string of the molecule is C[C@H]1C[C@@H](Cc2ccc(F)cc2)OCC[C@H](N)C(=O)O1. The lowest BCUT2D eigenvalue weighted by molar-refractivity contribution is -0.150. The van der Waals surface area contributed by atoms with Gasteiger partial charge in [-0.2, -0.15) is 0 Å². The number of esters is 1. The first kappa shape index (κ1) is 14.9. The summed E-state index contributed by atoms with van der Waals surface area (Å²) in [6.07, 6.45) is 1.42. The van der Waals surface area contributed by atoms with Crippen molar-refractivity contribution in [2.24, 2.45) is 5.73 Å². The highest BCUT2D eigenvalue weighted by Gasteiger charge is 2.24. The van der Waals surface area contributed by atoms with Crippen LogP contribution >= 0.6 is 0 Å². The van der Waals surface area contributed by atoms with Gasteiger partial charge in [0.05, 0.1) is 6.10 Å². The normalized spacial score (nSPS) is 28.1. The van der Waals surface area contributed by atoms with Gasteiger partial charge >= 0.3 is 5.97 Å². The molecule has 2 rings (SSSR count). The van der Waals surface area contributed by atoms with Crippen LogP contribution in [-0.2, 0) is 20.7 Å². The molecule has 1 aromatic rings. The van der Waals surface area contributed by atoms with Crippen LogP contribution in [0.25, 0.3) is 0 Å². The summed E-state index contributed by atoms with van der Waals surface area (Å²) >= 11 is 0. The standard InChI is InChI=1S/C15H20FNO3/c1-10-8-13(9-11-2-4-12(16)5-3-11)19-7-6-14(17)15(18)20-10/h2-5,10,13-14H,6-9,17H2,1H3/t10-,13-,14-/m0/s1. The van der Waals surface area contributed by atoms with Crippen LogP contribution < -0.4 is 5.73 Å². The van der Waals surface area contributed by atoms with Crippen molar-refractivity contribution in [3.8, 4) is 0 Å². The van der Waals surface area contributed by atoms with E-state index in [-0.39, 0.29) is 24.0 Å². The first-order valence-electron chi connectivity index (χ1n) is 6.86. The molecule has 0 radical (unpaired) electrons. The van der Waals surface area contributed by atoms with Gasteiger partial charge in [0.2, 0.25) is 0 Å². The smallest absolute Gasteiger partial charge is 0.323 e. The Hall–Kier alpha value is -1.46. The van der Waals surface area contributed by atoms with Crippen molar-refractivity contribution < 1.29 is 18.7 Å². The van der Waals surface area contributed by atoms with Crippen LogP contribution in [0.2, 0.25) is 0 Å². The summed E-state index contributed by atoms with van der Waals surface area (Å²) in [6.45, 7) is 2.26. The Morgan fingerprint density at radius 2 is 2.05 bits per heavy atom. The Morgan fingerprint density at radius 1 is 1.35 bits per heavy atom. The number of carbonyl (C=O) groups excluding carboxylic acids is 1. The lowest BCUT2D eigenvalue weighted by atomic mass is 10.0. The molecule has 0 bridgehead atoms. The second kappa shape index (κ2) is 6.81. The van der Waals surface area contributed by atoms with E-state index >= 15 is 0 Å². The van der Waals surface area contributed by atoms with Crippen LogP contribution in [0.1, 0.15) is 25.3 Å². The summed E-state index contributed by atoms with van der Waals surface area (Å²) in [5, 5.41) is 0. The summed E-state index contributed by atoms with van der Waals surface area (Å²) in [7, 11) is 0. The molecular formula is C15H20FNO3. The quantitative estimate of drug-likeness (QED) is 0.840. The van der Waals surface area contributed by atoms with Crippen LogP contribution in [0.15, 0.2) is 24.3 Å². The zero-order valence-electron chi connectivity index (χ0n) is 11.5. The van der Waals surface area contributed by atoms with Gasteiger partial charge in [0.15, 0.2) is 0 Å². The maximum atomic E-state index is 12.9. The van der Waals surface area contributed by atoms with Crippen molar-refractivity contribution in [2.75, 3.05) is 6.61 Å². The first-order valence-corrected chi connectivity index (χ1v) is 6.86. The van der Waals surface area contributed by atoms with Gasteiger partial charge in [-0.1, -0.05) is 12.1 Å². The van der Waals surface area contributed by atoms with Crippen molar-refractivity contribution in [1.82, 2.24) is 0 Å². The van der Waals surface area contributed by atoms with Gasteiger partial charge in [0.25, 0.3) is 0 Å². The van der Waals surface area contributed by atoms with E-state index in [9.17, 15) is 9.18 Å². The number of benzene rings is 1. The van der Waals surface area contributed by atoms with Crippen molar-refractivity contribution in [2.45, 2.75) is 44.4 Å². The molecule has 1 aliphatic rings. The van der Waals surface area contributed by atoms with E-state index in [0.717, 1.165) is 5.56 Å². The van der Waals surface area contributed by atoms with Gasteiger partial charge in [-0.05, 0) is 37.5 Å². The van der Waals surface area contributed by atoms with Crippen molar-refractivity contribution in [3.63, 3.8) is 0 Å². The zero-order chi connectivity index (χ0) is 14.5. The maximum absolute atomic E-state index is 12.9. The highest BCUT2D eigenvalue weighted by atomic mass is 19.1. The second-order valence-corrected chi connectivity index (χ2v) is 5.20. The van der Waals surface area contributed by atoms with Gasteiger partial charge in [0.1, 0.15) is 18.0 Å². The lowest BCUT2D eigenvalue weighted by Crippen LogP contribution is -2.34. The zero-order valence-corrected chi connectivity index (χ0v) is 11.5. The number of ether oxygens (including phenoxy) is 2. The van der Waals surface area contributed by atoms with Crippen LogP contribution in [0, 0.1) is 5.82 Å². The summed E-state index contributed by atoms with van der Waals surface area (Å²) < 4.78 is 23.9. The van der Waals surface area contributed by atoms with E-state index in [0.29, 0.717) is 25.9 Å². The Labute approximate surface area is 118 Å². The number of hydrogen-bond acceptors (Lipinski definition) is 4. The van der Waals surface area contributed by atoms with Crippen LogP contribution in [0.5, 0.6) is 0 Å². The molecule has 1 aromatic carbocycles. The first-order chi connectivity index (χ1) is 9.54. The summed E-state index contributed by atoms with van der Waals surface area (Å²) in [4.78, 5) is 11.6. The molecule has 0 unspecified atom stereocenters. The average molecular weight is 281 g/mol. The van der Waals surface area contributed by atoms with Gasteiger partial charge < -0.3 is 15.2 Å². The topological polar surface area (TPSA) is 61.5 Å². The highest BCUT2D eigenvalue weighted by Crippen LogP contribution is 2.16. The molecule has 5 heteroatoms. The molecule has 0 aromatic heterocycles. The van der Waals surface area contributed by atoms with Gasteiger partial charge in [-0.25, -0.2) is 4.39 Å². The van der Waals surface area contributed by atoms with Crippen molar-refractivity contribution >= 4 is 5.97 Å². The molecule has 1 fully saturated rings. The number of halogens is 1.